The third kappa shape index (κ3) is 1.87. The second-order valence-electron chi connectivity index (χ2n) is 2.54. The summed E-state index contributed by atoms with van der Waals surface area (Å²) in [5.74, 6) is -6.26. The van der Waals surface area contributed by atoms with Gasteiger partial charge in [0.05, 0.1) is 5.02 Å². The third-order valence-electron chi connectivity index (χ3n) is 1.60. The monoisotopic (exact) mass is 241 g/mol. The fraction of sp³-hybridized carbons (Fsp3) is 0.286. The average Bonchev–Trinajstić information content (AvgIpc) is 2.49. The Morgan fingerprint density at radius 2 is 2.29 bits per heavy atom. The van der Waals surface area contributed by atoms with Crippen LogP contribution in [0.15, 0.2) is 11.4 Å². The number of alkyl halides is 2. The van der Waals surface area contributed by atoms with Gasteiger partial charge < -0.3 is 10.8 Å². The van der Waals surface area contributed by atoms with E-state index >= 15 is 0 Å². The minimum atomic E-state index is -4.01. The second-order valence-corrected chi connectivity index (χ2v) is 3.89. The zero-order chi connectivity index (χ0) is 10.9. The maximum atomic E-state index is 12.9. The molecule has 78 valence electrons. The molecule has 7 heteroatoms. The van der Waals surface area contributed by atoms with Crippen molar-refractivity contribution < 1.29 is 18.7 Å². The van der Waals surface area contributed by atoms with Crippen molar-refractivity contribution in [3.05, 3.63) is 21.3 Å². The molecule has 0 spiro atoms. The summed E-state index contributed by atoms with van der Waals surface area (Å²) >= 11 is 6.45. The van der Waals surface area contributed by atoms with Crippen molar-refractivity contribution in [1.29, 1.82) is 0 Å². The Balaban J connectivity index is 3.02. The highest BCUT2D eigenvalue weighted by molar-refractivity contribution is 7.10. The second kappa shape index (κ2) is 3.80. The molecular weight excluding hydrogens is 236 g/mol. The molecule has 0 aliphatic rings. The molecule has 0 fully saturated rings. The normalized spacial score (nSPS) is 14.0. The van der Waals surface area contributed by atoms with E-state index in [-0.39, 0.29) is 9.90 Å². The molecule has 14 heavy (non-hydrogen) atoms. The van der Waals surface area contributed by atoms with Gasteiger partial charge in [0.15, 0.2) is 0 Å². The van der Waals surface area contributed by atoms with Crippen LogP contribution in [0.25, 0.3) is 0 Å². The van der Waals surface area contributed by atoms with E-state index < -0.39 is 17.9 Å². The number of nitrogens with two attached hydrogens (primary N) is 1. The smallest absolute Gasteiger partial charge is 0.376 e. The van der Waals surface area contributed by atoms with Crippen LogP contribution >= 0.6 is 22.9 Å². The van der Waals surface area contributed by atoms with Gasteiger partial charge in [-0.3, -0.25) is 0 Å². The fourth-order valence-electron chi connectivity index (χ4n) is 0.825. The summed E-state index contributed by atoms with van der Waals surface area (Å²) in [6.07, 6.45) is 0. The van der Waals surface area contributed by atoms with Crippen LogP contribution in [-0.2, 0) is 4.79 Å². The molecule has 1 aromatic rings. The van der Waals surface area contributed by atoms with Gasteiger partial charge in [-0.05, 0) is 11.4 Å². The van der Waals surface area contributed by atoms with Gasteiger partial charge in [-0.25, -0.2) is 4.79 Å². The lowest BCUT2D eigenvalue weighted by Gasteiger charge is -2.18. The standard InChI is InChI=1S/C7H6ClF2NO2S/c8-3-1-2-14-4(3)5(11)7(9,10)6(12)13/h1-2,5H,11H2,(H,12,13). The number of rotatable bonds is 3. The molecule has 0 bridgehead atoms. The van der Waals surface area contributed by atoms with E-state index in [0.717, 1.165) is 11.3 Å². The summed E-state index contributed by atoms with van der Waals surface area (Å²) in [6, 6.07) is -0.521. The van der Waals surface area contributed by atoms with E-state index in [0.29, 0.717) is 0 Å². The van der Waals surface area contributed by atoms with Crippen molar-refractivity contribution in [2.24, 2.45) is 5.73 Å². The number of carboxylic acids is 1. The van der Waals surface area contributed by atoms with Crippen LogP contribution < -0.4 is 5.73 Å². The van der Waals surface area contributed by atoms with Crippen molar-refractivity contribution in [3.8, 4) is 0 Å². The first kappa shape index (κ1) is 11.4. The number of hydrogen-bond acceptors (Lipinski definition) is 3. The molecule has 0 aliphatic carbocycles. The Morgan fingerprint density at radius 3 is 2.64 bits per heavy atom. The van der Waals surface area contributed by atoms with E-state index in [2.05, 4.69) is 0 Å². The van der Waals surface area contributed by atoms with Gasteiger partial charge in [0.1, 0.15) is 6.04 Å². The number of halogens is 3. The fourth-order valence-corrected chi connectivity index (χ4v) is 2.04. The Morgan fingerprint density at radius 1 is 1.71 bits per heavy atom. The SMILES string of the molecule is NC(c1sccc1Cl)C(F)(F)C(=O)O. The van der Waals surface area contributed by atoms with Gasteiger partial charge in [0.2, 0.25) is 0 Å². The zero-order valence-corrected chi connectivity index (χ0v) is 8.28. The van der Waals surface area contributed by atoms with E-state index in [1.54, 1.807) is 0 Å². The van der Waals surface area contributed by atoms with Crippen molar-refractivity contribution in [1.82, 2.24) is 0 Å². The lowest BCUT2D eigenvalue weighted by atomic mass is 10.1. The third-order valence-corrected chi connectivity index (χ3v) is 3.04. The van der Waals surface area contributed by atoms with E-state index in [4.69, 9.17) is 22.4 Å². The summed E-state index contributed by atoms with van der Waals surface area (Å²) in [5.41, 5.74) is 5.11. The molecule has 1 heterocycles. The zero-order valence-electron chi connectivity index (χ0n) is 6.71. The number of aliphatic carboxylic acids is 1. The van der Waals surface area contributed by atoms with Crippen molar-refractivity contribution in [2.75, 3.05) is 0 Å². The van der Waals surface area contributed by atoms with Crippen LogP contribution in [0.5, 0.6) is 0 Å². The summed E-state index contributed by atoms with van der Waals surface area (Å²) in [5, 5.41) is 9.76. The first-order chi connectivity index (χ1) is 6.37. The molecule has 3 nitrogen and oxygen atoms in total. The Bertz CT molecular complexity index is 355. The highest BCUT2D eigenvalue weighted by Gasteiger charge is 2.47. The first-order valence-corrected chi connectivity index (χ1v) is 4.72. The largest absolute Gasteiger partial charge is 0.477 e. The minimum Gasteiger partial charge on any atom is -0.477 e. The molecule has 0 radical (unpaired) electrons. The number of carboxylic acid groups (broad SMARTS) is 1. The molecule has 3 N–H and O–H groups in total. The summed E-state index contributed by atoms with van der Waals surface area (Å²) in [7, 11) is 0. The van der Waals surface area contributed by atoms with Crippen LogP contribution in [-0.4, -0.2) is 17.0 Å². The number of hydrogen-bond donors (Lipinski definition) is 2. The van der Waals surface area contributed by atoms with Crippen LogP contribution in [0, 0.1) is 0 Å². The van der Waals surface area contributed by atoms with Gasteiger partial charge in [-0.1, -0.05) is 11.6 Å². The van der Waals surface area contributed by atoms with Gasteiger partial charge in [0.25, 0.3) is 0 Å². The molecule has 0 aliphatic heterocycles. The lowest BCUT2D eigenvalue weighted by Crippen LogP contribution is -2.40. The van der Waals surface area contributed by atoms with Crippen LogP contribution in [0.3, 0.4) is 0 Å². The molecule has 1 atom stereocenters. The summed E-state index contributed by atoms with van der Waals surface area (Å²) in [4.78, 5) is 10.2. The Hall–Kier alpha value is -0.720. The van der Waals surface area contributed by atoms with E-state index in [1.807, 2.05) is 0 Å². The Kier molecular flexibility index (Phi) is 3.08. The topological polar surface area (TPSA) is 63.3 Å². The van der Waals surface area contributed by atoms with Gasteiger partial charge >= 0.3 is 11.9 Å². The first-order valence-electron chi connectivity index (χ1n) is 3.47. The predicted octanol–water partition coefficient (Wildman–Crippen LogP) is 2.12. The maximum Gasteiger partial charge on any atom is 0.376 e. The van der Waals surface area contributed by atoms with Gasteiger partial charge in [-0.15, -0.1) is 11.3 Å². The van der Waals surface area contributed by atoms with Crippen molar-refractivity contribution in [3.63, 3.8) is 0 Å². The number of carbonyl (C=O) groups is 1. The average molecular weight is 242 g/mol. The highest BCUT2D eigenvalue weighted by Crippen LogP contribution is 2.36. The molecular formula is C7H6ClF2NO2S. The molecule has 1 rings (SSSR count). The number of thiophene rings is 1. The van der Waals surface area contributed by atoms with Crippen molar-refractivity contribution in [2.45, 2.75) is 12.0 Å². The van der Waals surface area contributed by atoms with Crippen LogP contribution in [0.2, 0.25) is 5.02 Å². The summed E-state index contributed by atoms with van der Waals surface area (Å²) in [6.45, 7) is 0. The van der Waals surface area contributed by atoms with Crippen LogP contribution in [0.4, 0.5) is 8.78 Å². The molecule has 0 saturated heterocycles. The van der Waals surface area contributed by atoms with E-state index in [9.17, 15) is 13.6 Å². The molecule has 1 unspecified atom stereocenters. The Labute approximate surface area is 87.1 Å². The molecule has 0 amide bonds. The summed E-state index contributed by atoms with van der Waals surface area (Å²) < 4.78 is 25.8. The van der Waals surface area contributed by atoms with Crippen LogP contribution in [0.1, 0.15) is 10.9 Å². The molecule has 0 aromatic carbocycles. The van der Waals surface area contributed by atoms with Gasteiger partial charge in [-0.2, -0.15) is 8.78 Å². The van der Waals surface area contributed by atoms with E-state index in [1.165, 1.54) is 11.4 Å². The van der Waals surface area contributed by atoms with Gasteiger partial charge in [0, 0.05) is 4.88 Å². The van der Waals surface area contributed by atoms with Crippen molar-refractivity contribution >= 4 is 28.9 Å². The maximum absolute atomic E-state index is 12.9. The molecule has 0 saturated carbocycles. The minimum absolute atomic E-state index is 0.0286. The quantitative estimate of drug-likeness (QED) is 0.852. The molecule has 1 aromatic heterocycles. The highest BCUT2D eigenvalue weighted by atomic mass is 35.5. The lowest BCUT2D eigenvalue weighted by molar-refractivity contribution is -0.168. The predicted molar refractivity (Wildman–Crippen MR) is 48.8 cm³/mol.